The van der Waals surface area contributed by atoms with Crippen molar-refractivity contribution in [2.75, 3.05) is 0 Å². The van der Waals surface area contributed by atoms with Crippen LogP contribution < -0.4 is 0 Å². The zero-order valence-corrected chi connectivity index (χ0v) is 14.2. The second kappa shape index (κ2) is 5.46. The Balaban J connectivity index is 2.12. The average Bonchev–Trinajstić information content (AvgIpc) is 2.69. The van der Waals surface area contributed by atoms with Crippen LogP contribution in [-0.4, -0.2) is 0 Å². The molecular formula is C25H18. The van der Waals surface area contributed by atoms with Gasteiger partial charge in [0.25, 0.3) is 0 Å². The summed E-state index contributed by atoms with van der Waals surface area (Å²) in [4.78, 5) is 0. The first-order valence-electron chi connectivity index (χ1n) is 8.73. The third-order valence-electron chi connectivity index (χ3n) is 5.18. The lowest BCUT2D eigenvalue weighted by Gasteiger charge is -2.16. The van der Waals surface area contributed by atoms with Crippen LogP contribution in [0, 0.1) is 6.92 Å². The topological polar surface area (TPSA) is 0 Å². The molecule has 0 radical (unpaired) electrons. The summed E-state index contributed by atoms with van der Waals surface area (Å²) in [6.45, 7) is 2.22. The lowest BCUT2D eigenvalue weighted by Crippen LogP contribution is -1.89. The Kier molecular flexibility index (Phi) is 3.11. The van der Waals surface area contributed by atoms with Gasteiger partial charge < -0.3 is 0 Å². The Morgan fingerprint density at radius 2 is 0.960 bits per heavy atom. The van der Waals surface area contributed by atoms with Gasteiger partial charge in [0.1, 0.15) is 0 Å². The van der Waals surface area contributed by atoms with E-state index in [1.807, 2.05) is 0 Å². The molecule has 25 heavy (non-hydrogen) atoms. The monoisotopic (exact) mass is 318 g/mol. The fourth-order valence-electron chi connectivity index (χ4n) is 4.06. The zero-order chi connectivity index (χ0) is 16.8. The Morgan fingerprint density at radius 1 is 0.440 bits per heavy atom. The van der Waals surface area contributed by atoms with Crippen molar-refractivity contribution < 1.29 is 0 Å². The lowest BCUT2D eigenvalue weighted by atomic mass is 9.87. The first-order chi connectivity index (χ1) is 12.3. The minimum absolute atomic E-state index is 1.27. The number of hydrogen-bond donors (Lipinski definition) is 0. The first-order valence-corrected chi connectivity index (χ1v) is 8.73. The summed E-state index contributed by atoms with van der Waals surface area (Å²) in [5, 5.41) is 8.06. The van der Waals surface area contributed by atoms with Crippen molar-refractivity contribution in [3.8, 4) is 11.1 Å². The van der Waals surface area contributed by atoms with Gasteiger partial charge in [-0.1, -0.05) is 91.0 Å². The third kappa shape index (κ3) is 2.08. The molecule has 0 spiro atoms. The van der Waals surface area contributed by atoms with E-state index >= 15 is 0 Å². The minimum Gasteiger partial charge on any atom is -0.0622 e. The molecule has 0 heteroatoms. The molecule has 0 amide bonds. The van der Waals surface area contributed by atoms with Gasteiger partial charge in [-0.05, 0) is 55.9 Å². The molecule has 0 saturated heterocycles. The maximum absolute atomic E-state index is 2.27. The molecule has 118 valence electrons. The fraction of sp³-hybridized carbons (Fsp3) is 0.0400. The van der Waals surface area contributed by atoms with E-state index in [1.54, 1.807) is 0 Å². The van der Waals surface area contributed by atoms with Gasteiger partial charge >= 0.3 is 0 Å². The lowest BCUT2D eigenvalue weighted by molar-refractivity contribution is 1.54. The summed E-state index contributed by atoms with van der Waals surface area (Å²) in [6.07, 6.45) is 0. The third-order valence-corrected chi connectivity index (χ3v) is 5.18. The summed E-state index contributed by atoms with van der Waals surface area (Å²) in [6, 6.07) is 32.8. The summed E-state index contributed by atoms with van der Waals surface area (Å²) >= 11 is 0. The second-order valence-corrected chi connectivity index (χ2v) is 6.64. The number of hydrogen-bond acceptors (Lipinski definition) is 0. The molecule has 0 N–H and O–H groups in total. The van der Waals surface area contributed by atoms with Crippen molar-refractivity contribution in [1.29, 1.82) is 0 Å². The highest BCUT2D eigenvalue weighted by Gasteiger charge is 2.13. The second-order valence-electron chi connectivity index (χ2n) is 6.64. The van der Waals surface area contributed by atoms with Crippen LogP contribution in [0.15, 0.2) is 91.0 Å². The number of aryl methyl sites for hydroxylation is 1. The molecule has 0 nitrogen and oxygen atoms in total. The van der Waals surface area contributed by atoms with Gasteiger partial charge in [-0.25, -0.2) is 0 Å². The quantitative estimate of drug-likeness (QED) is 0.289. The Morgan fingerprint density at radius 3 is 1.60 bits per heavy atom. The van der Waals surface area contributed by atoms with Gasteiger partial charge in [0.2, 0.25) is 0 Å². The van der Waals surface area contributed by atoms with Crippen LogP contribution in [0.1, 0.15) is 5.56 Å². The van der Waals surface area contributed by atoms with Crippen LogP contribution in [0.3, 0.4) is 0 Å². The molecule has 0 saturated carbocycles. The highest BCUT2D eigenvalue weighted by Crippen LogP contribution is 2.41. The molecule has 0 bridgehead atoms. The average molecular weight is 318 g/mol. The molecule has 0 aromatic heterocycles. The predicted molar refractivity (Wildman–Crippen MR) is 109 cm³/mol. The van der Waals surface area contributed by atoms with E-state index in [9.17, 15) is 0 Å². The Bertz CT molecular complexity index is 1230. The molecule has 0 aliphatic heterocycles. The van der Waals surface area contributed by atoms with Gasteiger partial charge in [-0.3, -0.25) is 0 Å². The van der Waals surface area contributed by atoms with Crippen molar-refractivity contribution in [3.63, 3.8) is 0 Å². The number of fused-ring (bicyclic) bond motifs is 6. The van der Waals surface area contributed by atoms with E-state index in [0.717, 1.165) is 0 Å². The van der Waals surface area contributed by atoms with E-state index in [4.69, 9.17) is 0 Å². The molecular weight excluding hydrogens is 300 g/mol. The van der Waals surface area contributed by atoms with Crippen molar-refractivity contribution in [3.05, 3.63) is 96.6 Å². The smallest absolute Gasteiger partial charge is 0.00177 e. The van der Waals surface area contributed by atoms with Gasteiger partial charge in [-0.15, -0.1) is 0 Å². The molecule has 0 heterocycles. The van der Waals surface area contributed by atoms with Crippen LogP contribution in [0.25, 0.3) is 43.4 Å². The van der Waals surface area contributed by atoms with Gasteiger partial charge in [0, 0.05) is 0 Å². The highest BCUT2D eigenvalue weighted by atomic mass is 14.2. The van der Waals surface area contributed by atoms with E-state index < -0.39 is 0 Å². The van der Waals surface area contributed by atoms with Crippen molar-refractivity contribution >= 4 is 32.3 Å². The normalized spacial score (nSPS) is 11.4. The molecule has 0 aliphatic carbocycles. The van der Waals surface area contributed by atoms with E-state index in [1.165, 1.54) is 49.0 Å². The SMILES string of the molecule is Cc1ccc(-c2ccccc2)c2c3ccccc3c3ccccc3c12. The van der Waals surface area contributed by atoms with Gasteiger partial charge in [0.05, 0.1) is 0 Å². The van der Waals surface area contributed by atoms with E-state index in [-0.39, 0.29) is 0 Å². The number of rotatable bonds is 1. The predicted octanol–water partition coefficient (Wildman–Crippen LogP) is 7.12. The van der Waals surface area contributed by atoms with Crippen LogP contribution in [0.5, 0.6) is 0 Å². The van der Waals surface area contributed by atoms with Crippen molar-refractivity contribution in [2.24, 2.45) is 0 Å². The molecule has 0 atom stereocenters. The van der Waals surface area contributed by atoms with Crippen molar-refractivity contribution in [2.45, 2.75) is 6.92 Å². The summed E-state index contributed by atoms with van der Waals surface area (Å²) in [7, 11) is 0. The first kappa shape index (κ1) is 14.2. The Hall–Kier alpha value is -3.12. The van der Waals surface area contributed by atoms with Gasteiger partial charge in [-0.2, -0.15) is 0 Å². The van der Waals surface area contributed by atoms with Crippen LogP contribution in [0.4, 0.5) is 0 Å². The summed E-state index contributed by atoms with van der Waals surface area (Å²) < 4.78 is 0. The van der Waals surface area contributed by atoms with Crippen LogP contribution >= 0.6 is 0 Å². The maximum Gasteiger partial charge on any atom is -0.00177 e. The standard InChI is InChI=1S/C25H18/c1-17-15-16-19(18-9-3-2-4-10-18)25-23-14-8-6-12-21(23)20-11-5-7-13-22(20)24(17)25/h2-16H,1H3. The molecule has 0 aliphatic rings. The van der Waals surface area contributed by atoms with Crippen molar-refractivity contribution in [1.82, 2.24) is 0 Å². The molecule has 0 unspecified atom stereocenters. The minimum atomic E-state index is 1.27. The van der Waals surface area contributed by atoms with E-state index in [2.05, 4.69) is 97.9 Å². The zero-order valence-electron chi connectivity index (χ0n) is 14.2. The molecule has 5 aromatic carbocycles. The highest BCUT2D eigenvalue weighted by molar-refractivity contribution is 6.29. The van der Waals surface area contributed by atoms with Crippen LogP contribution in [-0.2, 0) is 0 Å². The molecule has 0 fully saturated rings. The largest absolute Gasteiger partial charge is 0.0622 e. The van der Waals surface area contributed by atoms with Crippen LogP contribution in [0.2, 0.25) is 0 Å². The summed E-state index contributed by atoms with van der Waals surface area (Å²) in [5.74, 6) is 0. The maximum atomic E-state index is 2.27. The molecule has 5 aromatic rings. The fourth-order valence-corrected chi connectivity index (χ4v) is 4.06. The Labute approximate surface area is 147 Å². The molecule has 5 rings (SSSR count). The van der Waals surface area contributed by atoms with Gasteiger partial charge in [0.15, 0.2) is 0 Å². The number of benzene rings is 5. The van der Waals surface area contributed by atoms with E-state index in [0.29, 0.717) is 0 Å². The summed E-state index contributed by atoms with van der Waals surface area (Å²) in [5.41, 5.74) is 3.91.